The van der Waals surface area contributed by atoms with Gasteiger partial charge in [0.2, 0.25) is 17.1 Å². The van der Waals surface area contributed by atoms with Crippen LogP contribution in [0.1, 0.15) is 49.0 Å². The van der Waals surface area contributed by atoms with Crippen LogP contribution in [0.2, 0.25) is 0 Å². The van der Waals surface area contributed by atoms with E-state index >= 15 is 0 Å². The number of carbonyl (C=O) groups is 1. The predicted octanol–water partition coefficient (Wildman–Crippen LogP) is 5.04. The standard InChI is InChI=1S/C29H32N2O5/c1-17(19-9-7-6-8-10-19)30-24-14-12-21-22(16-25(24)33)23(31-18(2)32)13-11-20-15-26(34-3)28(35-4)29(36-5)27(20)21/h6-10,12,14-17,23H,11,13H2,1-5H3,(H,30,33)(H,31,32)/t17-,23-/m0/s1. The van der Waals surface area contributed by atoms with Crippen molar-refractivity contribution in [1.29, 1.82) is 0 Å². The van der Waals surface area contributed by atoms with Crippen molar-refractivity contribution >= 4 is 11.6 Å². The third kappa shape index (κ3) is 4.87. The molecule has 3 aromatic carbocycles. The first-order chi connectivity index (χ1) is 17.4. The lowest BCUT2D eigenvalue weighted by molar-refractivity contribution is -0.119. The Balaban J connectivity index is 1.93. The van der Waals surface area contributed by atoms with Gasteiger partial charge in [-0.3, -0.25) is 9.59 Å². The summed E-state index contributed by atoms with van der Waals surface area (Å²) < 4.78 is 17.1. The number of aryl methyl sites for hydroxylation is 1. The highest BCUT2D eigenvalue weighted by molar-refractivity contribution is 5.83. The number of rotatable bonds is 7. The van der Waals surface area contributed by atoms with E-state index in [2.05, 4.69) is 10.6 Å². The van der Waals surface area contributed by atoms with E-state index in [4.69, 9.17) is 14.2 Å². The van der Waals surface area contributed by atoms with Crippen LogP contribution in [0.4, 0.5) is 5.69 Å². The maximum absolute atomic E-state index is 13.4. The van der Waals surface area contributed by atoms with Gasteiger partial charge in [-0.25, -0.2) is 0 Å². The number of benzene rings is 2. The lowest BCUT2D eigenvalue weighted by Gasteiger charge is -2.19. The van der Waals surface area contributed by atoms with Gasteiger partial charge in [0.15, 0.2) is 11.5 Å². The largest absolute Gasteiger partial charge is 0.493 e. The van der Waals surface area contributed by atoms with E-state index < -0.39 is 0 Å². The minimum atomic E-state index is -0.342. The second-order valence-corrected chi connectivity index (χ2v) is 8.87. The molecule has 2 atom stereocenters. The Morgan fingerprint density at radius 1 is 0.972 bits per heavy atom. The average Bonchev–Trinajstić information content (AvgIpc) is 3.12. The molecule has 0 saturated heterocycles. The molecule has 0 saturated carbocycles. The zero-order valence-corrected chi connectivity index (χ0v) is 21.3. The average molecular weight is 489 g/mol. The van der Waals surface area contributed by atoms with Crippen LogP contribution in [0.25, 0.3) is 11.1 Å². The molecule has 0 aromatic heterocycles. The van der Waals surface area contributed by atoms with Crippen molar-refractivity contribution in [1.82, 2.24) is 5.32 Å². The molecule has 1 amide bonds. The van der Waals surface area contributed by atoms with Crippen LogP contribution in [0.15, 0.2) is 59.4 Å². The molecule has 3 aromatic rings. The SMILES string of the molecule is COc1cc2c(c(OC)c1OC)-c1ccc(N[C@@H](C)c3ccccc3)c(=O)cc1[C@@H](NC(C)=O)CC2. The lowest BCUT2D eigenvalue weighted by atomic mass is 9.95. The molecule has 4 rings (SSSR count). The summed E-state index contributed by atoms with van der Waals surface area (Å²) in [6.45, 7) is 3.50. The predicted molar refractivity (Wildman–Crippen MR) is 141 cm³/mol. The topological polar surface area (TPSA) is 85.9 Å². The van der Waals surface area contributed by atoms with Gasteiger partial charge in [-0.2, -0.15) is 0 Å². The van der Waals surface area contributed by atoms with Crippen molar-refractivity contribution in [2.24, 2.45) is 0 Å². The summed E-state index contributed by atoms with van der Waals surface area (Å²) >= 11 is 0. The van der Waals surface area contributed by atoms with Crippen LogP contribution in [0.5, 0.6) is 17.2 Å². The molecule has 36 heavy (non-hydrogen) atoms. The van der Waals surface area contributed by atoms with Gasteiger partial charge in [0.1, 0.15) is 0 Å². The summed E-state index contributed by atoms with van der Waals surface area (Å²) in [5.41, 5.74) is 4.75. The molecule has 0 heterocycles. The smallest absolute Gasteiger partial charge is 0.217 e. The van der Waals surface area contributed by atoms with Crippen molar-refractivity contribution in [3.63, 3.8) is 0 Å². The lowest BCUT2D eigenvalue weighted by Crippen LogP contribution is -2.26. The molecule has 7 heteroatoms. The third-order valence-corrected chi connectivity index (χ3v) is 6.59. The van der Waals surface area contributed by atoms with Crippen LogP contribution in [-0.4, -0.2) is 27.2 Å². The van der Waals surface area contributed by atoms with Gasteiger partial charge in [0.25, 0.3) is 0 Å². The Morgan fingerprint density at radius 3 is 2.33 bits per heavy atom. The number of hydrogen-bond donors (Lipinski definition) is 2. The van der Waals surface area contributed by atoms with E-state index in [0.717, 1.165) is 27.8 Å². The van der Waals surface area contributed by atoms with Gasteiger partial charge in [0, 0.05) is 18.5 Å². The fraction of sp³-hybridized carbons (Fsp3) is 0.310. The molecule has 2 N–H and O–H groups in total. The number of amides is 1. The quantitative estimate of drug-likeness (QED) is 0.485. The van der Waals surface area contributed by atoms with E-state index in [-0.39, 0.29) is 23.4 Å². The Bertz CT molecular complexity index is 1320. The summed E-state index contributed by atoms with van der Waals surface area (Å²) in [5.74, 6) is 1.42. The summed E-state index contributed by atoms with van der Waals surface area (Å²) in [6.07, 6.45) is 1.27. The highest BCUT2D eigenvalue weighted by Crippen LogP contribution is 2.50. The number of hydrogen-bond acceptors (Lipinski definition) is 6. The Labute approximate surface area is 211 Å². The third-order valence-electron chi connectivity index (χ3n) is 6.59. The van der Waals surface area contributed by atoms with Gasteiger partial charge in [-0.15, -0.1) is 0 Å². The van der Waals surface area contributed by atoms with Gasteiger partial charge in [0.05, 0.1) is 33.1 Å². The number of nitrogens with one attached hydrogen (secondary N) is 2. The zero-order chi connectivity index (χ0) is 25.8. The molecule has 0 unspecified atom stereocenters. The summed E-state index contributed by atoms with van der Waals surface area (Å²) in [6, 6.07) is 16.8. The van der Waals surface area contributed by atoms with Crippen molar-refractivity contribution < 1.29 is 19.0 Å². The van der Waals surface area contributed by atoms with Crippen molar-refractivity contribution in [2.45, 2.75) is 38.8 Å². The molecule has 0 fully saturated rings. The van der Waals surface area contributed by atoms with Crippen LogP contribution in [0, 0.1) is 0 Å². The first-order valence-corrected chi connectivity index (χ1v) is 12.0. The highest BCUT2D eigenvalue weighted by atomic mass is 16.5. The number of carbonyl (C=O) groups excluding carboxylic acids is 1. The molecular weight excluding hydrogens is 456 g/mol. The molecule has 1 aliphatic carbocycles. The van der Waals surface area contributed by atoms with Crippen molar-refractivity contribution in [2.75, 3.05) is 26.6 Å². The molecule has 188 valence electrons. The zero-order valence-electron chi connectivity index (χ0n) is 21.3. The van der Waals surface area contributed by atoms with Crippen molar-refractivity contribution in [3.05, 3.63) is 81.5 Å². The molecular formula is C29H32N2O5. The van der Waals surface area contributed by atoms with Gasteiger partial charge >= 0.3 is 0 Å². The summed E-state index contributed by atoms with van der Waals surface area (Å²) in [7, 11) is 4.74. The summed E-state index contributed by atoms with van der Waals surface area (Å²) in [5, 5.41) is 6.39. The second kappa shape index (κ2) is 10.7. The highest BCUT2D eigenvalue weighted by Gasteiger charge is 2.29. The Hall–Kier alpha value is -4.00. The first-order valence-electron chi connectivity index (χ1n) is 12.0. The maximum atomic E-state index is 13.4. The first kappa shape index (κ1) is 25.1. The monoisotopic (exact) mass is 488 g/mol. The molecule has 0 radical (unpaired) electrons. The number of anilines is 1. The molecule has 0 bridgehead atoms. The molecule has 1 aliphatic rings. The van der Waals surface area contributed by atoms with Crippen molar-refractivity contribution in [3.8, 4) is 28.4 Å². The van der Waals surface area contributed by atoms with Crippen LogP contribution >= 0.6 is 0 Å². The number of fused-ring (bicyclic) bond motifs is 3. The fourth-order valence-corrected chi connectivity index (χ4v) is 4.89. The summed E-state index contributed by atoms with van der Waals surface area (Å²) in [4.78, 5) is 25.5. The van der Waals surface area contributed by atoms with Gasteiger partial charge in [-0.1, -0.05) is 36.4 Å². The van der Waals surface area contributed by atoms with E-state index in [1.165, 1.54) is 6.92 Å². The van der Waals surface area contributed by atoms with E-state index in [1.54, 1.807) is 33.5 Å². The minimum Gasteiger partial charge on any atom is -0.493 e. The number of ether oxygens (including phenoxy) is 3. The minimum absolute atomic E-state index is 0.0709. The van der Waals surface area contributed by atoms with Gasteiger partial charge in [-0.05, 0) is 60.2 Å². The second-order valence-electron chi connectivity index (χ2n) is 8.87. The number of methoxy groups -OCH3 is 3. The van der Waals surface area contributed by atoms with E-state index in [9.17, 15) is 9.59 Å². The van der Waals surface area contributed by atoms with Crippen LogP contribution in [-0.2, 0) is 11.2 Å². The van der Waals surface area contributed by atoms with E-state index in [1.807, 2.05) is 49.4 Å². The fourth-order valence-electron chi connectivity index (χ4n) is 4.89. The van der Waals surface area contributed by atoms with Crippen LogP contribution in [0.3, 0.4) is 0 Å². The van der Waals surface area contributed by atoms with Gasteiger partial charge < -0.3 is 24.8 Å². The molecule has 0 aliphatic heterocycles. The maximum Gasteiger partial charge on any atom is 0.217 e. The molecule has 7 nitrogen and oxygen atoms in total. The Kier molecular flexibility index (Phi) is 7.48. The molecule has 0 spiro atoms. The Morgan fingerprint density at radius 2 is 1.69 bits per heavy atom. The van der Waals surface area contributed by atoms with Crippen LogP contribution < -0.4 is 30.3 Å². The normalized spacial score (nSPS) is 15.0. The van der Waals surface area contributed by atoms with E-state index in [0.29, 0.717) is 35.8 Å².